The Balaban J connectivity index is 1.63. The summed E-state index contributed by atoms with van der Waals surface area (Å²) in [7, 11) is -3.36. The predicted octanol–water partition coefficient (Wildman–Crippen LogP) is 3.03. The van der Waals surface area contributed by atoms with Crippen LogP contribution in [0.2, 0.25) is 0 Å². The summed E-state index contributed by atoms with van der Waals surface area (Å²) in [6.07, 6.45) is 5.23. The van der Waals surface area contributed by atoms with Crippen molar-refractivity contribution < 1.29 is 13.2 Å². The molecule has 134 valence electrons. The zero-order valence-electron chi connectivity index (χ0n) is 14.2. The van der Waals surface area contributed by atoms with Crippen molar-refractivity contribution in [3.8, 4) is 5.69 Å². The molecule has 0 spiro atoms. The fourth-order valence-corrected chi connectivity index (χ4v) is 3.11. The van der Waals surface area contributed by atoms with E-state index in [2.05, 4.69) is 10.0 Å². The minimum atomic E-state index is -3.36. The number of benzene rings is 2. The summed E-state index contributed by atoms with van der Waals surface area (Å²) >= 11 is 0. The van der Waals surface area contributed by atoms with Gasteiger partial charge in [0, 0.05) is 23.8 Å². The second-order valence-corrected chi connectivity index (χ2v) is 7.69. The van der Waals surface area contributed by atoms with E-state index in [1.165, 1.54) is 0 Å². The van der Waals surface area contributed by atoms with E-state index in [-0.39, 0.29) is 12.3 Å². The summed E-state index contributed by atoms with van der Waals surface area (Å²) in [6, 6.07) is 18.2. The van der Waals surface area contributed by atoms with Crippen LogP contribution >= 0.6 is 0 Å². The minimum absolute atomic E-state index is 0.171. The molecule has 3 rings (SSSR count). The van der Waals surface area contributed by atoms with Gasteiger partial charge in [0.25, 0.3) is 0 Å². The first-order chi connectivity index (χ1) is 12.4. The second kappa shape index (κ2) is 7.45. The van der Waals surface area contributed by atoms with E-state index in [1.807, 2.05) is 53.4 Å². The predicted molar refractivity (Wildman–Crippen MR) is 103 cm³/mol. The SMILES string of the molecule is CS(=O)(=O)Nc1cccc(NC(=O)Cc2ccc(-n3cccc3)cc2)c1. The maximum Gasteiger partial charge on any atom is 0.229 e. The first-order valence-electron chi connectivity index (χ1n) is 7.99. The van der Waals surface area contributed by atoms with Crippen LogP contribution in [0.4, 0.5) is 11.4 Å². The van der Waals surface area contributed by atoms with Gasteiger partial charge in [0.1, 0.15) is 0 Å². The van der Waals surface area contributed by atoms with E-state index in [1.54, 1.807) is 24.3 Å². The van der Waals surface area contributed by atoms with Gasteiger partial charge >= 0.3 is 0 Å². The van der Waals surface area contributed by atoms with Crippen LogP contribution in [0.15, 0.2) is 73.1 Å². The third kappa shape index (κ3) is 4.97. The molecular formula is C19H19N3O3S. The zero-order chi connectivity index (χ0) is 18.6. The lowest BCUT2D eigenvalue weighted by molar-refractivity contribution is -0.115. The van der Waals surface area contributed by atoms with Gasteiger partial charge in [-0.3, -0.25) is 9.52 Å². The minimum Gasteiger partial charge on any atom is -0.326 e. The molecule has 1 heterocycles. The molecule has 26 heavy (non-hydrogen) atoms. The number of nitrogens with zero attached hydrogens (tertiary/aromatic N) is 1. The Morgan fingerprint density at radius 2 is 1.62 bits per heavy atom. The molecule has 7 heteroatoms. The summed E-state index contributed by atoms with van der Waals surface area (Å²) in [5.41, 5.74) is 2.86. The topological polar surface area (TPSA) is 80.2 Å². The van der Waals surface area contributed by atoms with Crippen molar-refractivity contribution in [1.29, 1.82) is 0 Å². The van der Waals surface area contributed by atoms with E-state index >= 15 is 0 Å². The lowest BCUT2D eigenvalue weighted by Gasteiger charge is -2.09. The molecule has 0 atom stereocenters. The van der Waals surface area contributed by atoms with Gasteiger partial charge in [-0.1, -0.05) is 18.2 Å². The van der Waals surface area contributed by atoms with Crippen molar-refractivity contribution >= 4 is 27.3 Å². The van der Waals surface area contributed by atoms with Gasteiger partial charge in [-0.05, 0) is 48.0 Å². The van der Waals surface area contributed by atoms with Crippen LogP contribution in [0.25, 0.3) is 5.69 Å². The van der Waals surface area contributed by atoms with Crippen molar-refractivity contribution in [2.75, 3.05) is 16.3 Å². The highest BCUT2D eigenvalue weighted by atomic mass is 32.2. The molecule has 0 saturated carbocycles. The number of rotatable bonds is 6. The van der Waals surface area contributed by atoms with Gasteiger partial charge in [0.2, 0.25) is 15.9 Å². The Kier molecular flexibility index (Phi) is 5.09. The number of nitrogens with one attached hydrogen (secondary N) is 2. The summed E-state index contributed by atoms with van der Waals surface area (Å²) in [4.78, 5) is 12.2. The largest absolute Gasteiger partial charge is 0.326 e. The lowest BCUT2D eigenvalue weighted by atomic mass is 10.1. The van der Waals surface area contributed by atoms with Gasteiger partial charge in [0.05, 0.1) is 18.4 Å². The lowest BCUT2D eigenvalue weighted by Crippen LogP contribution is -2.15. The molecule has 0 radical (unpaired) electrons. The number of sulfonamides is 1. The highest BCUT2D eigenvalue weighted by Gasteiger charge is 2.07. The molecule has 0 saturated heterocycles. The highest BCUT2D eigenvalue weighted by Crippen LogP contribution is 2.17. The smallest absolute Gasteiger partial charge is 0.229 e. The van der Waals surface area contributed by atoms with Crippen LogP contribution in [0.1, 0.15) is 5.56 Å². The standard InChI is InChI=1S/C19H19N3O3S/c1-26(24,25)21-17-6-4-5-16(14-17)20-19(23)13-15-7-9-18(10-8-15)22-11-2-3-12-22/h2-12,14,21H,13H2,1H3,(H,20,23). The monoisotopic (exact) mass is 369 g/mol. The number of amides is 1. The van der Waals surface area contributed by atoms with E-state index in [0.717, 1.165) is 17.5 Å². The van der Waals surface area contributed by atoms with Gasteiger partial charge in [0.15, 0.2) is 0 Å². The van der Waals surface area contributed by atoms with Crippen LogP contribution in [0.3, 0.4) is 0 Å². The molecular weight excluding hydrogens is 350 g/mol. The van der Waals surface area contributed by atoms with Gasteiger partial charge in [-0.15, -0.1) is 0 Å². The van der Waals surface area contributed by atoms with Crippen LogP contribution in [0.5, 0.6) is 0 Å². The Morgan fingerprint density at radius 1 is 0.962 bits per heavy atom. The molecule has 0 aliphatic heterocycles. The Morgan fingerprint density at radius 3 is 2.27 bits per heavy atom. The average Bonchev–Trinajstić information content (AvgIpc) is 3.08. The zero-order valence-corrected chi connectivity index (χ0v) is 15.0. The molecule has 0 fully saturated rings. The second-order valence-electron chi connectivity index (χ2n) is 5.94. The van der Waals surface area contributed by atoms with E-state index < -0.39 is 10.0 Å². The van der Waals surface area contributed by atoms with Crippen molar-refractivity contribution in [1.82, 2.24) is 4.57 Å². The third-order valence-corrected chi connectivity index (χ3v) is 4.26. The molecule has 0 unspecified atom stereocenters. The number of carbonyl (C=O) groups excluding carboxylic acids is 1. The number of hydrogen-bond acceptors (Lipinski definition) is 3. The first kappa shape index (κ1) is 17.8. The van der Waals surface area contributed by atoms with E-state index in [4.69, 9.17) is 0 Å². The maximum absolute atomic E-state index is 12.2. The third-order valence-electron chi connectivity index (χ3n) is 3.65. The number of anilines is 2. The molecule has 0 bridgehead atoms. The molecule has 2 N–H and O–H groups in total. The molecule has 2 aromatic carbocycles. The van der Waals surface area contributed by atoms with Gasteiger partial charge in [-0.25, -0.2) is 8.42 Å². The summed E-state index contributed by atoms with van der Waals surface area (Å²) in [6.45, 7) is 0. The van der Waals surface area contributed by atoms with Gasteiger partial charge < -0.3 is 9.88 Å². The molecule has 3 aromatic rings. The summed E-state index contributed by atoms with van der Waals surface area (Å²) < 4.78 is 26.9. The van der Waals surface area contributed by atoms with Crippen LogP contribution in [-0.4, -0.2) is 25.1 Å². The molecule has 0 aliphatic carbocycles. The molecule has 1 aromatic heterocycles. The highest BCUT2D eigenvalue weighted by molar-refractivity contribution is 7.92. The molecule has 6 nitrogen and oxygen atoms in total. The average molecular weight is 369 g/mol. The fraction of sp³-hybridized carbons (Fsp3) is 0.105. The van der Waals surface area contributed by atoms with Crippen LogP contribution in [0, 0.1) is 0 Å². The van der Waals surface area contributed by atoms with Crippen molar-refractivity contribution in [2.45, 2.75) is 6.42 Å². The van der Waals surface area contributed by atoms with E-state index in [9.17, 15) is 13.2 Å². The number of hydrogen-bond donors (Lipinski definition) is 2. The van der Waals surface area contributed by atoms with Crippen LogP contribution < -0.4 is 10.0 Å². The van der Waals surface area contributed by atoms with E-state index in [0.29, 0.717) is 11.4 Å². The van der Waals surface area contributed by atoms with Crippen molar-refractivity contribution in [2.24, 2.45) is 0 Å². The Bertz CT molecular complexity index is 995. The van der Waals surface area contributed by atoms with Crippen molar-refractivity contribution in [3.63, 3.8) is 0 Å². The Labute approximate surface area is 152 Å². The fourth-order valence-electron chi connectivity index (χ4n) is 2.56. The molecule has 1 amide bonds. The van der Waals surface area contributed by atoms with Crippen molar-refractivity contribution in [3.05, 3.63) is 78.6 Å². The molecule has 0 aliphatic rings. The number of carbonyl (C=O) groups is 1. The first-order valence-corrected chi connectivity index (χ1v) is 9.88. The summed E-state index contributed by atoms with van der Waals surface area (Å²) in [5, 5.41) is 2.78. The normalized spacial score (nSPS) is 11.1. The number of aromatic nitrogens is 1. The Hall–Kier alpha value is -3.06. The van der Waals surface area contributed by atoms with Crippen LogP contribution in [-0.2, 0) is 21.2 Å². The maximum atomic E-state index is 12.2. The van der Waals surface area contributed by atoms with Gasteiger partial charge in [-0.2, -0.15) is 0 Å². The summed E-state index contributed by atoms with van der Waals surface area (Å²) in [5.74, 6) is -0.171. The quantitative estimate of drug-likeness (QED) is 0.701.